The Morgan fingerprint density at radius 1 is 0.958 bits per heavy atom. The van der Waals surface area contributed by atoms with Crippen LogP contribution < -0.4 is 10.2 Å². The fourth-order valence-corrected chi connectivity index (χ4v) is 3.54. The summed E-state index contributed by atoms with van der Waals surface area (Å²) in [6.45, 7) is 7.73. The Morgan fingerprint density at radius 3 is 2.29 bits per heavy atom. The molecule has 1 N–H and O–H groups in total. The van der Waals surface area contributed by atoms with Crippen LogP contribution in [0.15, 0.2) is 60.7 Å². The fraction of sp³-hybridized carbons (Fsp3) is 0.429. The zero-order valence-electron chi connectivity index (χ0n) is 14.9. The van der Waals surface area contributed by atoms with E-state index in [4.69, 9.17) is 0 Å². The monoisotopic (exact) mass is 342 g/mol. The smallest absolute Gasteiger partial charge is 0.0369 e. The van der Waals surface area contributed by atoms with E-state index in [2.05, 4.69) is 84.7 Å². The van der Waals surface area contributed by atoms with E-state index in [-0.39, 0.29) is 0 Å². The number of anilines is 1. The zero-order chi connectivity index (χ0) is 17.0. The van der Waals surface area contributed by atoms with Crippen molar-refractivity contribution in [1.29, 1.82) is 0 Å². The minimum Gasteiger partial charge on any atom is -0.368 e. The number of para-hydroxylation sites is 1. The van der Waals surface area contributed by atoms with Gasteiger partial charge in [0, 0.05) is 42.9 Å². The molecule has 0 radical (unpaired) electrons. The van der Waals surface area contributed by atoms with Crippen LogP contribution in [0.2, 0.25) is 0 Å². The van der Waals surface area contributed by atoms with Crippen molar-refractivity contribution in [3.05, 3.63) is 66.2 Å². The van der Waals surface area contributed by atoms with Crippen LogP contribution in [0.3, 0.4) is 0 Å². The van der Waals surface area contributed by atoms with Gasteiger partial charge < -0.3 is 10.2 Å². The summed E-state index contributed by atoms with van der Waals surface area (Å²) in [7, 11) is 0. The first-order valence-electron chi connectivity index (χ1n) is 8.95. The lowest BCUT2D eigenvalue weighted by Crippen LogP contribution is -2.38. The van der Waals surface area contributed by atoms with E-state index >= 15 is 0 Å². The molecule has 3 heteroatoms. The number of benzene rings is 2. The van der Waals surface area contributed by atoms with Gasteiger partial charge in [0.2, 0.25) is 0 Å². The quantitative estimate of drug-likeness (QED) is 0.590. The average Bonchev–Trinajstić information content (AvgIpc) is 2.65. The Hall–Kier alpha value is -1.45. The molecule has 0 fully saturated rings. The van der Waals surface area contributed by atoms with Gasteiger partial charge in [0.1, 0.15) is 0 Å². The topological polar surface area (TPSA) is 15.3 Å². The second-order valence-electron chi connectivity index (χ2n) is 6.07. The molecule has 24 heavy (non-hydrogen) atoms. The predicted octanol–water partition coefficient (Wildman–Crippen LogP) is 4.81. The van der Waals surface area contributed by atoms with Gasteiger partial charge in [-0.25, -0.2) is 0 Å². The summed E-state index contributed by atoms with van der Waals surface area (Å²) in [6, 6.07) is 22.0. The number of hydrogen-bond donors (Lipinski definition) is 1. The number of rotatable bonds is 11. The van der Waals surface area contributed by atoms with E-state index in [0.29, 0.717) is 6.04 Å². The molecule has 2 nitrogen and oxygen atoms in total. The predicted molar refractivity (Wildman–Crippen MR) is 109 cm³/mol. The Bertz CT molecular complexity index is 544. The van der Waals surface area contributed by atoms with Gasteiger partial charge in [0.15, 0.2) is 0 Å². The number of nitrogens with one attached hydrogen (secondary N) is 1. The molecule has 2 aromatic rings. The van der Waals surface area contributed by atoms with Crippen molar-refractivity contribution in [3.63, 3.8) is 0 Å². The van der Waals surface area contributed by atoms with Crippen molar-refractivity contribution in [2.75, 3.05) is 30.3 Å². The lowest BCUT2D eigenvalue weighted by Gasteiger charge is -2.31. The van der Waals surface area contributed by atoms with Crippen molar-refractivity contribution in [2.24, 2.45) is 0 Å². The van der Waals surface area contributed by atoms with Gasteiger partial charge in [-0.1, -0.05) is 55.5 Å². The fourth-order valence-electron chi connectivity index (χ4n) is 2.68. The largest absolute Gasteiger partial charge is 0.368 e. The summed E-state index contributed by atoms with van der Waals surface area (Å²) in [6.07, 6.45) is 1.17. The van der Waals surface area contributed by atoms with E-state index < -0.39 is 0 Å². The van der Waals surface area contributed by atoms with Crippen LogP contribution in [-0.2, 0) is 5.75 Å². The van der Waals surface area contributed by atoms with E-state index in [0.717, 1.165) is 31.1 Å². The van der Waals surface area contributed by atoms with E-state index in [1.54, 1.807) is 0 Å². The SMILES string of the molecule is CCC(C)N(CCNCCSCc1ccccc1)c1ccccc1. The number of hydrogen-bond acceptors (Lipinski definition) is 3. The van der Waals surface area contributed by atoms with E-state index in [1.807, 2.05) is 11.8 Å². The van der Waals surface area contributed by atoms with Crippen LogP contribution in [0.25, 0.3) is 0 Å². The van der Waals surface area contributed by atoms with Crippen LogP contribution >= 0.6 is 11.8 Å². The maximum absolute atomic E-state index is 3.59. The third-order valence-corrected chi connectivity index (χ3v) is 5.31. The Labute approximate surface area is 151 Å². The molecular weight excluding hydrogens is 312 g/mol. The maximum atomic E-state index is 3.59. The molecule has 130 valence electrons. The summed E-state index contributed by atoms with van der Waals surface area (Å²) in [4.78, 5) is 2.50. The first kappa shape index (κ1) is 18.9. The molecular formula is C21H30N2S. The molecule has 0 amide bonds. The average molecular weight is 343 g/mol. The molecule has 0 bridgehead atoms. The summed E-state index contributed by atoms with van der Waals surface area (Å²) in [5.74, 6) is 2.26. The van der Waals surface area contributed by atoms with Gasteiger partial charge in [0.25, 0.3) is 0 Å². The highest BCUT2D eigenvalue weighted by Crippen LogP contribution is 2.17. The molecule has 1 atom stereocenters. The van der Waals surface area contributed by atoms with Crippen LogP contribution in [0.1, 0.15) is 25.8 Å². The van der Waals surface area contributed by atoms with Crippen molar-refractivity contribution in [2.45, 2.75) is 32.1 Å². The summed E-state index contributed by atoms with van der Waals surface area (Å²) in [5.41, 5.74) is 2.74. The van der Waals surface area contributed by atoms with Crippen molar-refractivity contribution >= 4 is 17.4 Å². The third kappa shape index (κ3) is 6.58. The third-order valence-electron chi connectivity index (χ3n) is 4.27. The Kier molecular flexibility index (Phi) is 8.78. The normalized spacial score (nSPS) is 12.1. The first-order chi connectivity index (χ1) is 11.8. The maximum Gasteiger partial charge on any atom is 0.0369 e. The molecule has 0 saturated heterocycles. The van der Waals surface area contributed by atoms with E-state index in [9.17, 15) is 0 Å². The summed E-state index contributed by atoms with van der Waals surface area (Å²) < 4.78 is 0. The van der Waals surface area contributed by atoms with Gasteiger partial charge in [-0.2, -0.15) is 11.8 Å². The minimum atomic E-state index is 0.571. The van der Waals surface area contributed by atoms with Gasteiger partial charge in [-0.05, 0) is 31.0 Å². The standard InChI is InChI=1S/C21H30N2S/c1-3-19(2)23(21-12-8-5-9-13-21)16-14-22-15-17-24-18-20-10-6-4-7-11-20/h4-13,19,22H,3,14-18H2,1-2H3. The molecule has 0 aliphatic heterocycles. The molecule has 2 aromatic carbocycles. The Morgan fingerprint density at radius 2 is 1.62 bits per heavy atom. The van der Waals surface area contributed by atoms with Gasteiger partial charge in [0.05, 0.1) is 0 Å². The lowest BCUT2D eigenvalue weighted by atomic mass is 10.2. The highest BCUT2D eigenvalue weighted by atomic mass is 32.2. The van der Waals surface area contributed by atoms with Crippen LogP contribution in [0.5, 0.6) is 0 Å². The molecule has 1 unspecified atom stereocenters. The minimum absolute atomic E-state index is 0.571. The molecule has 0 heterocycles. The van der Waals surface area contributed by atoms with Crippen LogP contribution in [-0.4, -0.2) is 31.4 Å². The van der Waals surface area contributed by atoms with Gasteiger partial charge >= 0.3 is 0 Å². The first-order valence-corrected chi connectivity index (χ1v) is 10.1. The molecule has 0 spiro atoms. The van der Waals surface area contributed by atoms with Crippen molar-refractivity contribution < 1.29 is 0 Å². The summed E-state index contributed by atoms with van der Waals surface area (Å²) in [5, 5.41) is 3.59. The second-order valence-corrected chi connectivity index (χ2v) is 7.18. The highest BCUT2D eigenvalue weighted by Gasteiger charge is 2.11. The Balaban J connectivity index is 1.64. The van der Waals surface area contributed by atoms with Crippen molar-refractivity contribution in [1.82, 2.24) is 5.32 Å². The van der Waals surface area contributed by atoms with E-state index in [1.165, 1.54) is 17.7 Å². The zero-order valence-corrected chi connectivity index (χ0v) is 15.8. The van der Waals surface area contributed by atoms with Gasteiger partial charge in [-0.3, -0.25) is 0 Å². The van der Waals surface area contributed by atoms with Crippen LogP contribution in [0.4, 0.5) is 5.69 Å². The van der Waals surface area contributed by atoms with Crippen LogP contribution in [0, 0.1) is 0 Å². The van der Waals surface area contributed by atoms with Gasteiger partial charge in [-0.15, -0.1) is 0 Å². The highest BCUT2D eigenvalue weighted by molar-refractivity contribution is 7.98. The number of thioether (sulfide) groups is 1. The molecule has 0 aromatic heterocycles. The lowest BCUT2D eigenvalue weighted by molar-refractivity contribution is 0.591. The molecule has 0 saturated carbocycles. The molecule has 2 rings (SSSR count). The van der Waals surface area contributed by atoms with Crippen molar-refractivity contribution in [3.8, 4) is 0 Å². The second kappa shape index (κ2) is 11.2. The number of nitrogens with zero attached hydrogens (tertiary/aromatic N) is 1. The summed E-state index contributed by atoms with van der Waals surface area (Å²) >= 11 is 2.00. The molecule has 0 aliphatic carbocycles. The molecule has 0 aliphatic rings.